The molecule has 3 aromatic rings. The number of hydrogen-bond acceptors (Lipinski definition) is 4. The fourth-order valence-corrected chi connectivity index (χ4v) is 3.47. The molecule has 0 atom stereocenters. The fourth-order valence-electron chi connectivity index (χ4n) is 2.71. The lowest BCUT2D eigenvalue weighted by Gasteiger charge is -2.26. The van der Waals surface area contributed by atoms with Crippen molar-refractivity contribution in [3.63, 3.8) is 0 Å². The molecule has 0 fully saturated rings. The summed E-state index contributed by atoms with van der Waals surface area (Å²) in [5, 5.41) is 12.2. The Labute approximate surface area is 125 Å². The zero-order chi connectivity index (χ0) is 15.2. The van der Waals surface area contributed by atoms with Gasteiger partial charge in [0.1, 0.15) is 16.3 Å². The third-order valence-electron chi connectivity index (χ3n) is 3.60. The summed E-state index contributed by atoms with van der Waals surface area (Å²) < 4.78 is 2.05. The molecule has 0 aliphatic rings. The molecule has 1 N–H and O–H groups in total. The van der Waals surface area contributed by atoms with E-state index < -0.39 is 5.97 Å². The maximum Gasteiger partial charge on any atom is 0.337 e. The first kappa shape index (κ1) is 13.8. The van der Waals surface area contributed by atoms with Crippen molar-refractivity contribution in [2.45, 2.75) is 26.3 Å². The van der Waals surface area contributed by atoms with E-state index >= 15 is 0 Å². The summed E-state index contributed by atoms with van der Waals surface area (Å²) in [6, 6.07) is 5.23. The smallest absolute Gasteiger partial charge is 0.337 e. The molecule has 0 amide bonds. The van der Waals surface area contributed by atoms with Gasteiger partial charge in [0.25, 0.3) is 0 Å². The Morgan fingerprint density at radius 3 is 2.76 bits per heavy atom. The number of nitrogens with zero attached hydrogens (tertiary/aromatic N) is 3. The summed E-state index contributed by atoms with van der Waals surface area (Å²) in [5.41, 5.74) is 1.17. The van der Waals surface area contributed by atoms with Gasteiger partial charge in [-0.2, -0.15) is 0 Å². The molecule has 0 radical (unpaired) electrons. The quantitative estimate of drug-likeness (QED) is 0.806. The van der Waals surface area contributed by atoms with Crippen molar-refractivity contribution in [1.82, 2.24) is 14.5 Å². The van der Waals surface area contributed by atoms with E-state index in [9.17, 15) is 9.90 Å². The summed E-state index contributed by atoms with van der Waals surface area (Å²) in [7, 11) is 0. The normalized spacial score (nSPS) is 12.0. The maximum atomic E-state index is 11.4. The molecule has 1 aromatic carbocycles. The molecule has 108 valence electrons. The molecule has 0 saturated carbocycles. The highest BCUT2D eigenvalue weighted by Crippen LogP contribution is 2.33. The van der Waals surface area contributed by atoms with Gasteiger partial charge in [0.15, 0.2) is 0 Å². The van der Waals surface area contributed by atoms with Crippen LogP contribution in [0.1, 0.15) is 35.0 Å². The lowest BCUT2D eigenvalue weighted by Crippen LogP contribution is -2.28. The van der Waals surface area contributed by atoms with Crippen molar-refractivity contribution in [2.24, 2.45) is 0 Å². The van der Waals surface area contributed by atoms with Gasteiger partial charge < -0.3 is 9.67 Å². The van der Waals surface area contributed by atoms with Crippen LogP contribution in [0.25, 0.3) is 11.0 Å². The molecular formula is C15H15N3O2S. The Balaban J connectivity index is 2.32. The van der Waals surface area contributed by atoms with Crippen LogP contribution in [0.15, 0.2) is 29.8 Å². The molecule has 21 heavy (non-hydrogen) atoms. The molecule has 0 spiro atoms. The van der Waals surface area contributed by atoms with E-state index in [0.29, 0.717) is 5.52 Å². The molecule has 0 bridgehead atoms. The number of aromatic carboxylic acids is 1. The largest absolute Gasteiger partial charge is 0.478 e. The summed E-state index contributed by atoms with van der Waals surface area (Å²) in [6.07, 6.45) is 1.78. The number of carboxylic acids is 1. The molecule has 2 heterocycles. The average Bonchev–Trinajstić information content (AvgIpc) is 3.04. The molecule has 5 nitrogen and oxygen atoms in total. The molecule has 0 saturated heterocycles. The van der Waals surface area contributed by atoms with E-state index in [4.69, 9.17) is 0 Å². The number of hydrogen-bond donors (Lipinski definition) is 1. The predicted molar refractivity (Wildman–Crippen MR) is 82.0 cm³/mol. The van der Waals surface area contributed by atoms with Crippen molar-refractivity contribution in [3.05, 3.63) is 46.2 Å². The van der Waals surface area contributed by atoms with Crippen molar-refractivity contribution in [2.75, 3.05) is 0 Å². The summed E-state index contributed by atoms with van der Waals surface area (Å²) in [6.45, 7) is 6.02. The minimum atomic E-state index is -0.961. The van der Waals surface area contributed by atoms with Crippen molar-refractivity contribution >= 4 is 28.3 Å². The maximum absolute atomic E-state index is 11.4. The number of carboxylic acid groups (broad SMARTS) is 1. The topological polar surface area (TPSA) is 68.0 Å². The van der Waals surface area contributed by atoms with Gasteiger partial charge in [-0.15, -0.1) is 11.3 Å². The Hall–Kier alpha value is -2.21. The second kappa shape index (κ2) is 4.66. The number of imidazole rings is 1. The van der Waals surface area contributed by atoms with Crippen LogP contribution in [0.5, 0.6) is 0 Å². The number of thiazole rings is 1. The van der Waals surface area contributed by atoms with Gasteiger partial charge in [-0.1, -0.05) is 6.07 Å². The van der Waals surface area contributed by atoms with Gasteiger partial charge in [0.05, 0.1) is 16.6 Å². The van der Waals surface area contributed by atoms with Gasteiger partial charge >= 0.3 is 5.97 Å². The average molecular weight is 301 g/mol. The highest BCUT2D eigenvalue weighted by Gasteiger charge is 2.30. The van der Waals surface area contributed by atoms with E-state index in [2.05, 4.69) is 23.8 Å². The van der Waals surface area contributed by atoms with Gasteiger partial charge in [-0.25, -0.2) is 14.8 Å². The zero-order valence-electron chi connectivity index (χ0n) is 12.0. The van der Waals surface area contributed by atoms with Crippen LogP contribution in [0, 0.1) is 6.92 Å². The molecule has 0 unspecified atom stereocenters. The number of rotatable bonds is 3. The van der Waals surface area contributed by atoms with E-state index in [-0.39, 0.29) is 11.1 Å². The summed E-state index contributed by atoms with van der Waals surface area (Å²) in [4.78, 5) is 20.2. The number of aromatic nitrogens is 3. The number of fused-ring (bicyclic) bond motifs is 1. The van der Waals surface area contributed by atoms with E-state index in [1.165, 1.54) is 0 Å². The van der Waals surface area contributed by atoms with E-state index in [1.807, 2.05) is 22.9 Å². The monoisotopic (exact) mass is 301 g/mol. The lowest BCUT2D eigenvalue weighted by molar-refractivity contribution is 0.0699. The fraction of sp³-hybridized carbons (Fsp3) is 0.267. The number of carbonyl (C=O) groups is 1. The summed E-state index contributed by atoms with van der Waals surface area (Å²) in [5.74, 6) is -0.184. The Morgan fingerprint density at radius 2 is 2.14 bits per heavy atom. The second-order valence-corrected chi connectivity index (χ2v) is 6.26. The van der Waals surface area contributed by atoms with Crippen LogP contribution in [-0.2, 0) is 5.54 Å². The third kappa shape index (κ3) is 2.03. The lowest BCUT2D eigenvalue weighted by atomic mass is 10.1. The van der Waals surface area contributed by atoms with Crippen LogP contribution in [0.3, 0.4) is 0 Å². The minimum Gasteiger partial charge on any atom is -0.478 e. The number of aryl methyl sites for hydroxylation is 1. The first-order chi connectivity index (χ1) is 9.93. The predicted octanol–water partition coefficient (Wildman–Crippen LogP) is 3.28. The van der Waals surface area contributed by atoms with Gasteiger partial charge in [0, 0.05) is 11.6 Å². The molecule has 2 aromatic heterocycles. The van der Waals surface area contributed by atoms with Crippen LogP contribution in [-0.4, -0.2) is 25.6 Å². The van der Waals surface area contributed by atoms with Crippen molar-refractivity contribution in [1.29, 1.82) is 0 Å². The first-order valence-electron chi connectivity index (χ1n) is 6.54. The zero-order valence-corrected chi connectivity index (χ0v) is 12.8. The Kier molecular flexibility index (Phi) is 3.06. The number of para-hydroxylation sites is 1. The van der Waals surface area contributed by atoms with E-state index in [0.717, 1.165) is 16.3 Å². The molecule has 3 rings (SSSR count). The SMILES string of the molecule is Cc1nc2c(C(=O)O)cccc2n1C(C)(C)c1nccs1. The molecule has 6 heteroatoms. The van der Waals surface area contributed by atoms with Crippen molar-refractivity contribution in [3.8, 4) is 0 Å². The number of benzene rings is 1. The van der Waals surface area contributed by atoms with Crippen LogP contribution >= 0.6 is 11.3 Å². The standard InChI is InChI=1S/C15H15N3O2S/c1-9-17-12-10(13(19)20)5-4-6-11(12)18(9)15(2,3)14-16-7-8-21-14/h4-8H,1-3H3,(H,19,20). The van der Waals surface area contributed by atoms with Crippen LogP contribution in [0.2, 0.25) is 0 Å². The Morgan fingerprint density at radius 1 is 1.38 bits per heavy atom. The van der Waals surface area contributed by atoms with Crippen molar-refractivity contribution < 1.29 is 9.90 Å². The van der Waals surface area contributed by atoms with Crippen LogP contribution < -0.4 is 0 Å². The Bertz CT molecular complexity index is 819. The van der Waals surface area contributed by atoms with Gasteiger partial charge in [-0.3, -0.25) is 0 Å². The van der Waals surface area contributed by atoms with Gasteiger partial charge in [-0.05, 0) is 32.9 Å². The molecular weight excluding hydrogens is 286 g/mol. The van der Waals surface area contributed by atoms with E-state index in [1.54, 1.807) is 29.7 Å². The summed E-state index contributed by atoms with van der Waals surface area (Å²) >= 11 is 1.58. The third-order valence-corrected chi connectivity index (χ3v) is 4.68. The molecule has 0 aliphatic carbocycles. The second-order valence-electron chi connectivity index (χ2n) is 5.37. The highest BCUT2D eigenvalue weighted by molar-refractivity contribution is 7.09. The molecule has 0 aliphatic heterocycles. The minimum absolute atomic E-state index is 0.226. The first-order valence-corrected chi connectivity index (χ1v) is 7.42. The highest BCUT2D eigenvalue weighted by atomic mass is 32.1. The van der Waals surface area contributed by atoms with Gasteiger partial charge in [0.2, 0.25) is 0 Å². The van der Waals surface area contributed by atoms with Crippen LogP contribution in [0.4, 0.5) is 0 Å².